The van der Waals surface area contributed by atoms with Crippen LogP contribution in [-0.4, -0.2) is 35.0 Å². The molecule has 1 aliphatic heterocycles. The van der Waals surface area contributed by atoms with E-state index >= 15 is 0 Å². The van der Waals surface area contributed by atoms with E-state index in [1.54, 1.807) is 32.3 Å². The van der Waals surface area contributed by atoms with E-state index in [4.69, 9.17) is 21.1 Å². The van der Waals surface area contributed by atoms with Gasteiger partial charge < -0.3 is 14.8 Å². The van der Waals surface area contributed by atoms with Gasteiger partial charge in [0.15, 0.2) is 16.9 Å². The number of ether oxygens (including phenoxy) is 2. The van der Waals surface area contributed by atoms with Gasteiger partial charge in [0.25, 0.3) is 0 Å². The minimum Gasteiger partial charge on any atom is -0.460 e. The molecular formula is C21H21ClFN3O4S. The zero-order valence-corrected chi connectivity index (χ0v) is 18.9. The number of hydrogen-bond donors (Lipinski definition) is 1. The number of nitrogens with one attached hydrogen (secondary N) is 1. The number of carbonyl (C=O) groups excluding carboxylic acids is 2. The van der Waals surface area contributed by atoms with Gasteiger partial charge >= 0.3 is 11.9 Å². The first-order chi connectivity index (χ1) is 14.7. The predicted octanol–water partition coefficient (Wildman–Crippen LogP) is 4.18. The number of nitrogens with zero attached hydrogens (tertiary/aromatic N) is 2. The van der Waals surface area contributed by atoms with Crippen molar-refractivity contribution < 1.29 is 23.5 Å². The second-order valence-corrected chi connectivity index (χ2v) is 8.38. The lowest BCUT2D eigenvalue weighted by molar-refractivity contribution is -0.167. The van der Waals surface area contributed by atoms with Gasteiger partial charge in [0.1, 0.15) is 11.9 Å². The molecule has 10 heteroatoms. The van der Waals surface area contributed by atoms with E-state index in [1.165, 1.54) is 30.4 Å². The summed E-state index contributed by atoms with van der Waals surface area (Å²) in [4.78, 5) is 34.0. The first kappa shape index (κ1) is 22.9. The van der Waals surface area contributed by atoms with Crippen molar-refractivity contribution in [2.75, 3.05) is 0 Å². The second kappa shape index (κ2) is 9.57. The summed E-state index contributed by atoms with van der Waals surface area (Å²) < 4.78 is 24.1. The molecule has 1 N–H and O–H groups in total. The molecule has 0 spiro atoms. The zero-order chi connectivity index (χ0) is 22.7. The van der Waals surface area contributed by atoms with Gasteiger partial charge in [-0.1, -0.05) is 17.7 Å². The van der Waals surface area contributed by atoms with Gasteiger partial charge in [-0.15, -0.1) is 11.3 Å². The summed E-state index contributed by atoms with van der Waals surface area (Å²) in [5.41, 5.74) is 1.03. The van der Waals surface area contributed by atoms with Crippen LogP contribution in [0.25, 0.3) is 0 Å². The maximum atomic E-state index is 13.6. The van der Waals surface area contributed by atoms with Crippen LogP contribution in [0.1, 0.15) is 44.3 Å². The Bertz CT molecular complexity index is 1050. The Balaban J connectivity index is 1.97. The third-order valence-electron chi connectivity index (χ3n) is 4.32. The van der Waals surface area contributed by atoms with Gasteiger partial charge in [0.2, 0.25) is 0 Å². The first-order valence-electron chi connectivity index (χ1n) is 9.49. The number of rotatable bonds is 6. The summed E-state index contributed by atoms with van der Waals surface area (Å²) in [6.45, 7) is 6.51. The van der Waals surface area contributed by atoms with Crippen molar-refractivity contribution in [2.45, 2.75) is 45.9 Å². The Kier molecular flexibility index (Phi) is 7.07. The van der Waals surface area contributed by atoms with Gasteiger partial charge in [-0.05, 0) is 39.8 Å². The number of esters is 2. The number of benzene rings is 1. The normalized spacial score (nSPS) is 17.1. The minimum atomic E-state index is -1.12. The summed E-state index contributed by atoms with van der Waals surface area (Å²) in [6.07, 6.45) is 0.167. The molecular weight excluding hydrogens is 445 g/mol. The van der Waals surface area contributed by atoms with Crippen molar-refractivity contribution >= 4 is 40.7 Å². The average molecular weight is 466 g/mol. The van der Waals surface area contributed by atoms with E-state index in [2.05, 4.69) is 15.3 Å². The summed E-state index contributed by atoms with van der Waals surface area (Å²) in [5.74, 6) is -1.48. The van der Waals surface area contributed by atoms with Crippen LogP contribution >= 0.6 is 22.9 Å². The Morgan fingerprint density at radius 3 is 2.61 bits per heavy atom. The van der Waals surface area contributed by atoms with Crippen molar-refractivity contribution in [2.24, 2.45) is 4.99 Å². The van der Waals surface area contributed by atoms with Crippen molar-refractivity contribution in [3.05, 3.63) is 62.5 Å². The molecule has 0 bridgehead atoms. The highest BCUT2D eigenvalue weighted by atomic mass is 35.5. The van der Waals surface area contributed by atoms with Crippen LogP contribution in [0.15, 0.2) is 46.0 Å². The van der Waals surface area contributed by atoms with Crippen LogP contribution in [0.3, 0.4) is 0 Å². The van der Waals surface area contributed by atoms with Crippen LogP contribution in [0.4, 0.5) is 4.39 Å². The van der Waals surface area contributed by atoms with Crippen LogP contribution < -0.4 is 5.32 Å². The molecule has 0 saturated heterocycles. The molecule has 7 nitrogen and oxygen atoms in total. The fourth-order valence-corrected chi connectivity index (χ4v) is 3.80. The highest BCUT2D eigenvalue weighted by Gasteiger charge is 2.34. The molecule has 1 aromatic carbocycles. The van der Waals surface area contributed by atoms with Crippen molar-refractivity contribution in [1.82, 2.24) is 10.3 Å². The zero-order valence-electron chi connectivity index (χ0n) is 17.3. The molecule has 3 rings (SSSR count). The molecule has 1 aliphatic rings. The molecule has 2 atom stereocenters. The number of amidine groups is 1. The van der Waals surface area contributed by atoms with E-state index in [1.807, 2.05) is 0 Å². The van der Waals surface area contributed by atoms with E-state index in [-0.39, 0.29) is 16.7 Å². The smallest absolute Gasteiger partial charge is 0.347 e. The van der Waals surface area contributed by atoms with Crippen molar-refractivity contribution in [1.29, 1.82) is 0 Å². The van der Waals surface area contributed by atoms with Gasteiger partial charge in [0, 0.05) is 27.9 Å². The largest absolute Gasteiger partial charge is 0.460 e. The average Bonchev–Trinajstić information content (AvgIpc) is 3.21. The molecule has 0 saturated carbocycles. The lowest BCUT2D eigenvalue weighted by atomic mass is 9.96. The number of halogens is 2. The minimum absolute atomic E-state index is 0.111. The van der Waals surface area contributed by atoms with E-state index in [0.717, 1.165) is 6.07 Å². The van der Waals surface area contributed by atoms with Gasteiger partial charge in [-0.2, -0.15) is 0 Å². The first-order valence-corrected chi connectivity index (χ1v) is 10.7. The molecule has 164 valence electrons. The molecule has 0 aliphatic carbocycles. The van der Waals surface area contributed by atoms with Crippen molar-refractivity contribution in [3.63, 3.8) is 0 Å². The van der Waals surface area contributed by atoms with Gasteiger partial charge in [-0.25, -0.2) is 19.0 Å². The van der Waals surface area contributed by atoms with E-state index in [0.29, 0.717) is 22.1 Å². The third kappa shape index (κ3) is 5.29. The molecule has 2 heterocycles. The third-order valence-corrected chi connectivity index (χ3v) is 5.43. The van der Waals surface area contributed by atoms with Crippen LogP contribution in [0.5, 0.6) is 0 Å². The van der Waals surface area contributed by atoms with E-state index < -0.39 is 29.9 Å². The quantitative estimate of drug-likeness (QED) is 0.643. The molecule has 0 amide bonds. The molecule has 0 fully saturated rings. The fourth-order valence-electron chi connectivity index (χ4n) is 2.94. The molecule has 0 radical (unpaired) electrons. The second-order valence-electron chi connectivity index (χ2n) is 7.08. The Labute approximate surface area is 187 Å². The standard InChI is InChI=1S/C21H21ClFN3O4S/c1-10(2)29-20(27)12(4)30-21(28)16-11(3)25-18(19-24-7-8-31-19)26-17(16)14-6-5-13(23)9-15(14)22/h5-10,12,17H,1-4H3,(H,25,26)/t12-,17?/m1/s1. The Morgan fingerprint density at radius 2 is 2.00 bits per heavy atom. The Morgan fingerprint density at radius 1 is 1.26 bits per heavy atom. The highest BCUT2D eigenvalue weighted by Crippen LogP contribution is 2.36. The number of allylic oxidation sites excluding steroid dienone is 1. The predicted molar refractivity (Wildman–Crippen MR) is 115 cm³/mol. The van der Waals surface area contributed by atoms with Crippen LogP contribution in [0.2, 0.25) is 5.02 Å². The summed E-state index contributed by atoms with van der Waals surface area (Å²) >= 11 is 7.64. The lowest BCUT2D eigenvalue weighted by Gasteiger charge is -2.26. The lowest BCUT2D eigenvalue weighted by Crippen LogP contribution is -2.35. The number of hydrogen-bond acceptors (Lipinski definition) is 8. The van der Waals surface area contributed by atoms with Crippen LogP contribution in [0, 0.1) is 5.82 Å². The summed E-state index contributed by atoms with van der Waals surface area (Å²) in [7, 11) is 0. The number of carbonyl (C=O) groups is 2. The maximum absolute atomic E-state index is 13.6. The van der Waals surface area contributed by atoms with Crippen molar-refractivity contribution in [3.8, 4) is 0 Å². The molecule has 1 aromatic heterocycles. The monoisotopic (exact) mass is 465 g/mol. The maximum Gasteiger partial charge on any atom is 0.347 e. The van der Waals surface area contributed by atoms with E-state index in [9.17, 15) is 14.0 Å². The van der Waals surface area contributed by atoms with Crippen LogP contribution in [-0.2, 0) is 19.1 Å². The summed E-state index contributed by atoms with van der Waals surface area (Å²) in [6, 6.07) is 2.98. The van der Waals surface area contributed by atoms with Gasteiger partial charge in [-0.3, -0.25) is 4.99 Å². The summed E-state index contributed by atoms with van der Waals surface area (Å²) in [5, 5.41) is 5.58. The Hall–Kier alpha value is -2.78. The molecule has 2 aromatic rings. The topological polar surface area (TPSA) is 89.9 Å². The fraction of sp³-hybridized carbons (Fsp3) is 0.333. The number of aliphatic imine (C=N–C) groups is 1. The molecule has 31 heavy (non-hydrogen) atoms. The van der Waals surface area contributed by atoms with Gasteiger partial charge in [0.05, 0.1) is 11.7 Å². The SMILES string of the molecule is CC1=C(C(=O)O[C@H](C)C(=O)OC(C)C)C(c2ccc(F)cc2Cl)N=C(c2nccs2)N1. The highest BCUT2D eigenvalue weighted by molar-refractivity contribution is 7.11. The number of thiazole rings is 1. The molecule has 1 unspecified atom stereocenters. The number of aromatic nitrogens is 1.